The minimum atomic E-state index is -4.11. The number of hydrogen-bond donors (Lipinski definition) is 2. The molecule has 0 saturated heterocycles. The predicted octanol–water partition coefficient (Wildman–Crippen LogP) is 2.62. The van der Waals surface area contributed by atoms with E-state index in [2.05, 4.69) is 20.7 Å². The van der Waals surface area contributed by atoms with Crippen molar-refractivity contribution in [1.82, 2.24) is 4.72 Å². The number of benzene rings is 1. The molecule has 0 aliphatic carbocycles. The van der Waals surface area contributed by atoms with Crippen LogP contribution >= 0.6 is 38.9 Å². The van der Waals surface area contributed by atoms with E-state index in [0.717, 1.165) is 3.79 Å². The standard InChI is InChI=1S/C16H15BrClNO6S2/c1-9(20)15(19-27(23,24)11-4-2-10(18)3-5-11)16(22)25-8-12(21)13-6-7-14(17)26-13/h2-7,9,15,19-20H,8H2,1H3/t9-,15+/m1/s1. The number of ether oxygens (including phenoxy) is 1. The van der Waals surface area contributed by atoms with E-state index in [1.54, 1.807) is 12.1 Å². The average Bonchev–Trinajstić information content (AvgIpc) is 3.04. The third kappa shape index (κ3) is 6.09. The largest absolute Gasteiger partial charge is 0.456 e. The summed E-state index contributed by atoms with van der Waals surface area (Å²) < 4.78 is 32.5. The molecule has 2 N–H and O–H groups in total. The number of hydrogen-bond acceptors (Lipinski definition) is 7. The van der Waals surface area contributed by atoms with Gasteiger partial charge in [-0.2, -0.15) is 4.72 Å². The summed E-state index contributed by atoms with van der Waals surface area (Å²) in [5.74, 6) is -1.50. The lowest BCUT2D eigenvalue weighted by Crippen LogP contribution is -2.48. The molecule has 0 aliphatic rings. The second-order valence-corrected chi connectivity index (χ2v) is 10.0. The van der Waals surface area contributed by atoms with Crippen LogP contribution in [0.3, 0.4) is 0 Å². The Hall–Kier alpha value is -1.30. The van der Waals surface area contributed by atoms with Crippen LogP contribution in [0.1, 0.15) is 16.6 Å². The maximum Gasteiger partial charge on any atom is 0.327 e. The van der Waals surface area contributed by atoms with Crippen LogP contribution in [0.15, 0.2) is 45.1 Å². The molecule has 0 saturated carbocycles. The van der Waals surface area contributed by atoms with Gasteiger partial charge in [0.2, 0.25) is 15.8 Å². The number of esters is 1. The fourth-order valence-electron chi connectivity index (χ4n) is 1.95. The smallest absolute Gasteiger partial charge is 0.327 e. The summed E-state index contributed by atoms with van der Waals surface area (Å²) in [5, 5.41) is 10.1. The molecule has 0 spiro atoms. The molecule has 0 radical (unpaired) electrons. The maximum atomic E-state index is 12.4. The molecule has 1 heterocycles. The summed E-state index contributed by atoms with van der Waals surface area (Å²) in [6.45, 7) is 0.659. The SMILES string of the molecule is C[C@@H](O)[C@H](NS(=O)(=O)c1ccc(Cl)cc1)C(=O)OCC(=O)c1ccc(Br)s1. The van der Waals surface area contributed by atoms with Gasteiger partial charge in [-0.05, 0) is 59.3 Å². The summed E-state index contributed by atoms with van der Waals surface area (Å²) in [5.41, 5.74) is 0. The molecule has 2 atom stereocenters. The van der Waals surface area contributed by atoms with Gasteiger partial charge < -0.3 is 9.84 Å². The average molecular weight is 497 g/mol. The van der Waals surface area contributed by atoms with Crippen LogP contribution in [0.5, 0.6) is 0 Å². The minimum absolute atomic E-state index is 0.134. The third-order valence-electron chi connectivity index (χ3n) is 3.34. The fraction of sp³-hybridized carbons (Fsp3) is 0.250. The maximum absolute atomic E-state index is 12.4. The van der Waals surface area contributed by atoms with Gasteiger partial charge in [-0.3, -0.25) is 9.59 Å². The van der Waals surface area contributed by atoms with Gasteiger partial charge in [0.25, 0.3) is 0 Å². The number of halogens is 2. The molecule has 1 aromatic heterocycles. The molecule has 0 unspecified atom stereocenters. The van der Waals surface area contributed by atoms with Gasteiger partial charge in [-0.1, -0.05) is 11.6 Å². The number of sulfonamides is 1. The molecule has 1 aromatic carbocycles. The van der Waals surface area contributed by atoms with Gasteiger partial charge in [-0.25, -0.2) is 8.42 Å². The number of carbonyl (C=O) groups is 2. The summed E-state index contributed by atoms with van der Waals surface area (Å²) in [4.78, 5) is 24.4. The van der Waals surface area contributed by atoms with Crippen LogP contribution in [0.25, 0.3) is 0 Å². The van der Waals surface area contributed by atoms with Crippen molar-refractivity contribution in [1.29, 1.82) is 0 Å². The lowest BCUT2D eigenvalue weighted by atomic mass is 10.2. The Bertz CT molecular complexity index is 927. The van der Waals surface area contributed by atoms with E-state index in [1.165, 1.54) is 42.5 Å². The van der Waals surface area contributed by atoms with Crippen molar-refractivity contribution in [3.05, 3.63) is 50.1 Å². The van der Waals surface area contributed by atoms with E-state index in [-0.39, 0.29) is 4.90 Å². The second kappa shape index (κ2) is 9.26. The molecule has 7 nitrogen and oxygen atoms in total. The number of ketones is 1. The highest BCUT2D eigenvalue weighted by Crippen LogP contribution is 2.22. The Kier molecular flexibility index (Phi) is 7.55. The van der Waals surface area contributed by atoms with Gasteiger partial charge in [-0.15, -0.1) is 11.3 Å². The fourth-order valence-corrected chi connectivity index (χ4v) is 4.65. The Labute approximate surface area is 173 Å². The highest BCUT2D eigenvalue weighted by Gasteiger charge is 2.31. The number of aliphatic hydroxyl groups is 1. The van der Waals surface area contributed by atoms with Gasteiger partial charge in [0.15, 0.2) is 6.61 Å². The van der Waals surface area contributed by atoms with Gasteiger partial charge in [0, 0.05) is 5.02 Å². The van der Waals surface area contributed by atoms with Crippen molar-refractivity contribution in [3.8, 4) is 0 Å². The molecular formula is C16H15BrClNO6S2. The van der Waals surface area contributed by atoms with E-state index in [0.29, 0.717) is 9.90 Å². The van der Waals surface area contributed by atoms with Crippen molar-refractivity contribution in [2.45, 2.75) is 24.0 Å². The van der Waals surface area contributed by atoms with Crippen LogP contribution < -0.4 is 4.72 Å². The van der Waals surface area contributed by atoms with E-state index >= 15 is 0 Å². The van der Waals surface area contributed by atoms with Crippen molar-refractivity contribution in [2.24, 2.45) is 0 Å². The number of carbonyl (C=O) groups excluding carboxylic acids is 2. The van der Waals surface area contributed by atoms with Crippen LogP contribution in [0, 0.1) is 0 Å². The molecule has 2 rings (SSSR count). The Morgan fingerprint density at radius 2 is 1.89 bits per heavy atom. The quantitative estimate of drug-likeness (QED) is 0.429. The zero-order chi connectivity index (χ0) is 20.2. The normalized spacial score (nSPS) is 13.8. The molecule has 0 fully saturated rings. The van der Waals surface area contributed by atoms with Crippen LogP contribution in [0.4, 0.5) is 0 Å². The Balaban J connectivity index is 2.06. The summed E-state index contributed by atoms with van der Waals surface area (Å²) >= 11 is 10.1. The molecule has 0 amide bonds. The second-order valence-electron chi connectivity index (χ2n) is 5.43. The molecular weight excluding hydrogens is 482 g/mol. The van der Waals surface area contributed by atoms with Crippen molar-refractivity contribution < 1.29 is 27.9 Å². The molecule has 146 valence electrons. The summed E-state index contributed by atoms with van der Waals surface area (Å²) in [7, 11) is -4.11. The minimum Gasteiger partial charge on any atom is -0.456 e. The molecule has 11 heteroatoms. The van der Waals surface area contributed by atoms with Gasteiger partial charge >= 0.3 is 5.97 Å². The summed E-state index contributed by atoms with van der Waals surface area (Å²) in [6.07, 6.45) is -1.38. The third-order valence-corrected chi connectivity index (χ3v) is 6.71. The molecule has 27 heavy (non-hydrogen) atoms. The monoisotopic (exact) mass is 495 g/mol. The van der Waals surface area contributed by atoms with E-state index < -0.39 is 40.5 Å². The number of Topliss-reactive ketones (excluding diaryl/α,β-unsaturated/α-hetero) is 1. The van der Waals surface area contributed by atoms with Crippen LogP contribution in [0.2, 0.25) is 5.02 Å². The van der Waals surface area contributed by atoms with Crippen molar-refractivity contribution >= 4 is 60.6 Å². The zero-order valence-electron chi connectivity index (χ0n) is 13.9. The zero-order valence-corrected chi connectivity index (χ0v) is 17.9. The molecule has 0 bridgehead atoms. The first-order valence-corrected chi connectivity index (χ1v) is 11.0. The number of rotatable bonds is 8. The van der Waals surface area contributed by atoms with E-state index in [4.69, 9.17) is 16.3 Å². The lowest BCUT2D eigenvalue weighted by molar-refractivity contribution is -0.147. The summed E-state index contributed by atoms with van der Waals surface area (Å²) in [6, 6.07) is 6.95. The van der Waals surface area contributed by atoms with Crippen molar-refractivity contribution in [3.63, 3.8) is 0 Å². The van der Waals surface area contributed by atoms with E-state index in [9.17, 15) is 23.1 Å². The van der Waals surface area contributed by atoms with Crippen molar-refractivity contribution in [2.75, 3.05) is 6.61 Å². The first kappa shape index (κ1) is 22.0. The lowest BCUT2D eigenvalue weighted by Gasteiger charge is -2.19. The topological polar surface area (TPSA) is 110 Å². The number of nitrogens with one attached hydrogen (secondary N) is 1. The molecule has 2 aromatic rings. The first-order chi connectivity index (χ1) is 12.6. The van der Waals surface area contributed by atoms with E-state index in [1.807, 2.05) is 0 Å². The number of thiophene rings is 1. The highest BCUT2D eigenvalue weighted by atomic mass is 79.9. The van der Waals surface area contributed by atoms with Crippen LogP contribution in [-0.2, 0) is 19.6 Å². The number of aliphatic hydroxyl groups excluding tert-OH is 1. The Morgan fingerprint density at radius 3 is 2.41 bits per heavy atom. The highest BCUT2D eigenvalue weighted by molar-refractivity contribution is 9.11. The van der Waals surface area contributed by atoms with Gasteiger partial charge in [0.05, 0.1) is 19.7 Å². The Morgan fingerprint density at radius 1 is 1.26 bits per heavy atom. The molecule has 0 aliphatic heterocycles. The predicted molar refractivity (Wildman–Crippen MR) is 105 cm³/mol. The van der Waals surface area contributed by atoms with Gasteiger partial charge in [0.1, 0.15) is 6.04 Å². The first-order valence-electron chi connectivity index (χ1n) is 7.51. The van der Waals surface area contributed by atoms with Crippen LogP contribution in [-0.4, -0.2) is 44.0 Å².